The van der Waals surface area contributed by atoms with Gasteiger partial charge in [0.1, 0.15) is 5.82 Å². The minimum atomic E-state index is -0.377. The number of nitro groups is 1. The van der Waals surface area contributed by atoms with Gasteiger partial charge in [0.25, 0.3) is 5.69 Å². The number of aromatic nitrogens is 1. The zero-order valence-corrected chi connectivity index (χ0v) is 13.1. The lowest BCUT2D eigenvalue weighted by Crippen LogP contribution is -2.20. The van der Waals surface area contributed by atoms with Gasteiger partial charge in [-0.2, -0.15) is 0 Å². The van der Waals surface area contributed by atoms with Crippen LogP contribution in [-0.4, -0.2) is 23.0 Å². The minimum Gasteiger partial charge on any atom is -0.356 e. The second kappa shape index (κ2) is 5.92. The highest BCUT2D eigenvalue weighted by molar-refractivity contribution is 5.82. The van der Waals surface area contributed by atoms with Crippen LogP contribution < -0.4 is 4.90 Å². The summed E-state index contributed by atoms with van der Waals surface area (Å²) >= 11 is 0. The highest BCUT2D eigenvalue weighted by Crippen LogP contribution is 2.31. The molecule has 24 heavy (non-hydrogen) atoms. The molecule has 1 aliphatic rings. The number of nitrogens with zero attached hydrogens (tertiary/aromatic N) is 3. The van der Waals surface area contributed by atoms with E-state index in [2.05, 4.69) is 34.1 Å². The van der Waals surface area contributed by atoms with Crippen LogP contribution in [0.25, 0.3) is 10.9 Å². The molecule has 1 saturated heterocycles. The molecule has 0 unspecified atom stereocenters. The predicted octanol–water partition coefficient (Wildman–Crippen LogP) is 4.14. The summed E-state index contributed by atoms with van der Waals surface area (Å²) in [6.07, 6.45) is 1.12. The number of fused-ring (bicyclic) bond motifs is 1. The molecule has 5 nitrogen and oxygen atoms in total. The maximum atomic E-state index is 10.9. The number of nitro benzene ring substituents is 1. The Hall–Kier alpha value is -2.95. The predicted molar refractivity (Wildman–Crippen MR) is 94.4 cm³/mol. The van der Waals surface area contributed by atoms with Gasteiger partial charge in [-0.05, 0) is 30.2 Å². The van der Waals surface area contributed by atoms with Gasteiger partial charge in [0.2, 0.25) is 0 Å². The van der Waals surface area contributed by atoms with Crippen LogP contribution in [0.15, 0.2) is 60.7 Å². The van der Waals surface area contributed by atoms with Crippen LogP contribution in [0.2, 0.25) is 0 Å². The monoisotopic (exact) mass is 319 g/mol. The van der Waals surface area contributed by atoms with Gasteiger partial charge in [0, 0.05) is 36.5 Å². The third kappa shape index (κ3) is 2.69. The third-order valence-electron chi connectivity index (χ3n) is 4.65. The van der Waals surface area contributed by atoms with E-state index in [-0.39, 0.29) is 10.6 Å². The Bertz CT molecular complexity index is 896. The Morgan fingerprint density at radius 1 is 1.08 bits per heavy atom. The van der Waals surface area contributed by atoms with E-state index in [4.69, 9.17) is 0 Å². The fourth-order valence-corrected chi connectivity index (χ4v) is 3.36. The first-order chi connectivity index (χ1) is 11.7. The van der Waals surface area contributed by atoms with Crippen molar-refractivity contribution in [1.29, 1.82) is 0 Å². The van der Waals surface area contributed by atoms with E-state index in [1.54, 1.807) is 12.1 Å². The molecule has 0 saturated carbocycles. The Morgan fingerprint density at radius 3 is 2.71 bits per heavy atom. The van der Waals surface area contributed by atoms with Crippen LogP contribution in [0.4, 0.5) is 11.5 Å². The minimum absolute atomic E-state index is 0.0994. The molecular weight excluding hydrogens is 302 g/mol. The summed E-state index contributed by atoms with van der Waals surface area (Å²) in [6.45, 7) is 1.93. The van der Waals surface area contributed by atoms with Gasteiger partial charge in [-0.1, -0.05) is 30.3 Å². The summed E-state index contributed by atoms with van der Waals surface area (Å²) in [7, 11) is 0. The van der Waals surface area contributed by atoms with E-state index in [0.29, 0.717) is 5.92 Å². The molecule has 1 aliphatic heterocycles. The van der Waals surface area contributed by atoms with E-state index in [1.165, 1.54) is 11.6 Å². The molecule has 5 heteroatoms. The van der Waals surface area contributed by atoms with Crippen LogP contribution in [0, 0.1) is 10.1 Å². The smallest absolute Gasteiger partial charge is 0.270 e. The number of anilines is 1. The van der Waals surface area contributed by atoms with Crippen LogP contribution in [0.1, 0.15) is 17.9 Å². The molecule has 0 amide bonds. The topological polar surface area (TPSA) is 59.3 Å². The van der Waals surface area contributed by atoms with Crippen molar-refractivity contribution in [2.24, 2.45) is 0 Å². The van der Waals surface area contributed by atoms with Crippen LogP contribution in [-0.2, 0) is 0 Å². The molecule has 3 aromatic rings. The van der Waals surface area contributed by atoms with Crippen LogP contribution >= 0.6 is 0 Å². The summed E-state index contributed by atoms with van der Waals surface area (Å²) in [5, 5.41) is 11.7. The summed E-state index contributed by atoms with van der Waals surface area (Å²) in [5.74, 6) is 1.47. The second-order valence-corrected chi connectivity index (χ2v) is 6.15. The normalized spacial score (nSPS) is 17.3. The molecule has 0 bridgehead atoms. The summed E-state index contributed by atoms with van der Waals surface area (Å²) < 4.78 is 0. The molecule has 0 aliphatic carbocycles. The molecule has 2 aromatic carbocycles. The lowest BCUT2D eigenvalue weighted by atomic mass is 9.99. The van der Waals surface area contributed by atoms with Crippen molar-refractivity contribution in [2.75, 3.05) is 18.0 Å². The Morgan fingerprint density at radius 2 is 1.92 bits per heavy atom. The largest absolute Gasteiger partial charge is 0.356 e. The van der Waals surface area contributed by atoms with E-state index in [1.807, 2.05) is 18.2 Å². The summed E-state index contributed by atoms with van der Waals surface area (Å²) in [4.78, 5) is 17.5. The maximum absolute atomic E-state index is 10.9. The van der Waals surface area contributed by atoms with Crippen LogP contribution in [0.3, 0.4) is 0 Å². The molecule has 4 rings (SSSR count). The lowest BCUT2D eigenvalue weighted by Gasteiger charge is -2.18. The number of hydrogen-bond acceptors (Lipinski definition) is 4. The van der Waals surface area contributed by atoms with Gasteiger partial charge in [-0.15, -0.1) is 0 Å². The molecule has 1 atom stereocenters. The number of pyridine rings is 1. The zero-order valence-electron chi connectivity index (χ0n) is 13.1. The Kier molecular flexibility index (Phi) is 3.61. The summed E-state index contributed by atoms with van der Waals surface area (Å²) in [6, 6.07) is 19.3. The molecule has 0 spiro atoms. The van der Waals surface area contributed by atoms with Gasteiger partial charge >= 0.3 is 0 Å². The van der Waals surface area contributed by atoms with Gasteiger partial charge < -0.3 is 4.90 Å². The highest BCUT2D eigenvalue weighted by Gasteiger charge is 2.24. The standard InChI is InChI=1S/C19H17N3O2/c23-22(24)17-7-8-18-15(12-17)6-9-19(20-18)21-11-10-16(13-21)14-4-2-1-3-5-14/h1-9,12,16H,10-11,13H2/t16-/m0/s1. The number of benzene rings is 2. The molecule has 0 N–H and O–H groups in total. The molecule has 0 radical (unpaired) electrons. The molecule has 120 valence electrons. The third-order valence-corrected chi connectivity index (χ3v) is 4.65. The van der Waals surface area contributed by atoms with Gasteiger partial charge in [-0.3, -0.25) is 10.1 Å². The first-order valence-corrected chi connectivity index (χ1v) is 8.06. The lowest BCUT2D eigenvalue weighted by molar-refractivity contribution is -0.384. The van der Waals surface area contributed by atoms with E-state index < -0.39 is 0 Å². The fourth-order valence-electron chi connectivity index (χ4n) is 3.36. The maximum Gasteiger partial charge on any atom is 0.270 e. The van der Waals surface area contributed by atoms with Gasteiger partial charge in [0.05, 0.1) is 10.4 Å². The molecule has 2 heterocycles. The van der Waals surface area contributed by atoms with Crippen molar-refractivity contribution >= 4 is 22.4 Å². The summed E-state index contributed by atoms with van der Waals surface area (Å²) in [5.41, 5.74) is 2.26. The van der Waals surface area contributed by atoms with E-state index >= 15 is 0 Å². The van der Waals surface area contributed by atoms with Crippen LogP contribution in [0.5, 0.6) is 0 Å². The van der Waals surface area contributed by atoms with Crippen molar-refractivity contribution in [3.8, 4) is 0 Å². The molecule has 1 aromatic heterocycles. The fraction of sp³-hybridized carbons (Fsp3) is 0.211. The molecular formula is C19H17N3O2. The SMILES string of the molecule is O=[N+]([O-])c1ccc2nc(N3CC[C@H](c4ccccc4)C3)ccc2c1. The Balaban J connectivity index is 1.58. The van der Waals surface area contributed by atoms with Gasteiger partial charge in [0.15, 0.2) is 0 Å². The Labute approximate surface area is 139 Å². The van der Waals surface area contributed by atoms with Gasteiger partial charge in [-0.25, -0.2) is 4.98 Å². The van der Waals surface area contributed by atoms with Crippen molar-refractivity contribution in [1.82, 2.24) is 4.98 Å². The number of rotatable bonds is 3. The van der Waals surface area contributed by atoms with Crippen molar-refractivity contribution in [3.05, 3.63) is 76.3 Å². The number of hydrogen-bond donors (Lipinski definition) is 0. The quantitative estimate of drug-likeness (QED) is 0.538. The first-order valence-electron chi connectivity index (χ1n) is 8.06. The highest BCUT2D eigenvalue weighted by atomic mass is 16.6. The second-order valence-electron chi connectivity index (χ2n) is 6.15. The van der Waals surface area contributed by atoms with Crippen molar-refractivity contribution in [2.45, 2.75) is 12.3 Å². The number of non-ortho nitro benzene ring substituents is 1. The molecule has 1 fully saturated rings. The average Bonchev–Trinajstić information content (AvgIpc) is 3.11. The average molecular weight is 319 g/mol. The van der Waals surface area contributed by atoms with E-state index in [0.717, 1.165) is 36.2 Å². The zero-order chi connectivity index (χ0) is 16.5. The van der Waals surface area contributed by atoms with E-state index in [9.17, 15) is 10.1 Å². The first kappa shape index (κ1) is 14.6. The van der Waals surface area contributed by atoms with Crippen molar-refractivity contribution in [3.63, 3.8) is 0 Å². The van der Waals surface area contributed by atoms with Crippen molar-refractivity contribution < 1.29 is 4.92 Å².